The number of likely N-dealkylation sites (tertiary alicyclic amines) is 1. The molecule has 3 rings (SSSR count). The van der Waals surface area contributed by atoms with Crippen LogP contribution in [-0.4, -0.2) is 47.2 Å². The van der Waals surface area contributed by atoms with Crippen LogP contribution in [0.15, 0.2) is 0 Å². The molecule has 1 aliphatic heterocycles. The smallest absolute Gasteiger partial charge is 0.326 e. The van der Waals surface area contributed by atoms with Gasteiger partial charge in [0.25, 0.3) is 0 Å². The molecule has 3 fully saturated rings. The Kier molecular flexibility index (Phi) is 4.71. The fraction of sp³-hybridized carbons (Fsp3) is 0.882. The van der Waals surface area contributed by atoms with Crippen LogP contribution in [0.2, 0.25) is 0 Å². The molecule has 1 amide bonds. The minimum absolute atomic E-state index is 0.0399. The highest BCUT2D eigenvalue weighted by Crippen LogP contribution is 2.42. The van der Waals surface area contributed by atoms with Crippen molar-refractivity contribution in [2.75, 3.05) is 13.2 Å². The van der Waals surface area contributed by atoms with Gasteiger partial charge in [-0.2, -0.15) is 0 Å². The molecule has 5 heteroatoms. The maximum Gasteiger partial charge on any atom is 0.326 e. The van der Waals surface area contributed by atoms with E-state index in [1.54, 1.807) is 4.90 Å². The molecule has 0 aromatic heterocycles. The van der Waals surface area contributed by atoms with Gasteiger partial charge in [0.1, 0.15) is 12.6 Å². The van der Waals surface area contributed by atoms with Crippen LogP contribution in [0.5, 0.6) is 0 Å². The van der Waals surface area contributed by atoms with E-state index < -0.39 is 12.0 Å². The molecular formula is C17H27NO4. The lowest BCUT2D eigenvalue weighted by Crippen LogP contribution is -2.45. The number of rotatable bonds is 4. The van der Waals surface area contributed by atoms with Crippen molar-refractivity contribution >= 4 is 11.9 Å². The first-order valence-corrected chi connectivity index (χ1v) is 8.72. The SMILES string of the molecule is CC1CCCCC1OCC(=O)N1CC2CCCC2C1C(=O)O. The molecule has 5 atom stereocenters. The number of hydrogen-bond donors (Lipinski definition) is 1. The Labute approximate surface area is 132 Å². The van der Waals surface area contributed by atoms with E-state index in [-0.39, 0.29) is 24.5 Å². The second kappa shape index (κ2) is 6.57. The first-order valence-electron chi connectivity index (χ1n) is 8.72. The number of carboxylic acid groups (broad SMARTS) is 1. The predicted octanol–water partition coefficient (Wildman–Crippen LogP) is 2.29. The standard InChI is InChI=1S/C17H27NO4/c1-11-5-2-3-8-14(11)22-10-15(19)18-9-12-6-4-7-13(12)16(18)17(20)21/h11-14,16H,2-10H2,1H3,(H,20,21). The summed E-state index contributed by atoms with van der Waals surface area (Å²) in [7, 11) is 0. The number of nitrogens with zero attached hydrogens (tertiary/aromatic N) is 1. The first kappa shape index (κ1) is 15.8. The molecule has 0 bridgehead atoms. The summed E-state index contributed by atoms with van der Waals surface area (Å²) in [6.07, 6.45) is 7.82. The Morgan fingerprint density at radius 1 is 1.14 bits per heavy atom. The summed E-state index contributed by atoms with van der Waals surface area (Å²) in [5.74, 6) is 0.0249. The monoisotopic (exact) mass is 309 g/mol. The highest BCUT2D eigenvalue weighted by atomic mass is 16.5. The number of fused-ring (bicyclic) bond motifs is 1. The van der Waals surface area contributed by atoms with E-state index in [0.29, 0.717) is 18.4 Å². The summed E-state index contributed by atoms with van der Waals surface area (Å²) in [4.78, 5) is 25.6. The summed E-state index contributed by atoms with van der Waals surface area (Å²) in [6, 6.07) is -0.632. The number of carboxylic acids is 1. The normalized spacial score (nSPS) is 38.0. The van der Waals surface area contributed by atoms with E-state index in [0.717, 1.165) is 38.5 Å². The van der Waals surface area contributed by atoms with Gasteiger partial charge in [0.05, 0.1) is 6.10 Å². The van der Waals surface area contributed by atoms with Gasteiger partial charge < -0.3 is 14.7 Å². The van der Waals surface area contributed by atoms with Crippen molar-refractivity contribution in [3.8, 4) is 0 Å². The van der Waals surface area contributed by atoms with E-state index >= 15 is 0 Å². The number of carbonyl (C=O) groups is 2. The number of aliphatic carboxylic acids is 1. The number of carbonyl (C=O) groups excluding carboxylic acids is 1. The quantitative estimate of drug-likeness (QED) is 0.865. The molecule has 0 aromatic carbocycles. The van der Waals surface area contributed by atoms with E-state index in [1.807, 2.05) is 0 Å². The number of ether oxygens (including phenoxy) is 1. The van der Waals surface area contributed by atoms with Gasteiger partial charge in [-0.3, -0.25) is 4.79 Å². The minimum atomic E-state index is -0.853. The molecule has 1 N–H and O–H groups in total. The highest BCUT2D eigenvalue weighted by molar-refractivity contribution is 5.85. The average molecular weight is 309 g/mol. The molecule has 5 nitrogen and oxygen atoms in total. The van der Waals surface area contributed by atoms with Crippen molar-refractivity contribution < 1.29 is 19.4 Å². The summed E-state index contributed by atoms with van der Waals surface area (Å²) < 4.78 is 5.84. The third-order valence-corrected chi connectivity index (χ3v) is 5.92. The lowest BCUT2D eigenvalue weighted by molar-refractivity contribution is -0.153. The Balaban J connectivity index is 1.58. The van der Waals surface area contributed by atoms with E-state index in [9.17, 15) is 14.7 Å². The Bertz CT molecular complexity index is 438. The number of hydrogen-bond acceptors (Lipinski definition) is 3. The largest absolute Gasteiger partial charge is 0.480 e. The molecule has 3 aliphatic rings. The highest BCUT2D eigenvalue weighted by Gasteiger charge is 2.49. The zero-order valence-corrected chi connectivity index (χ0v) is 13.4. The number of amides is 1. The molecule has 124 valence electrons. The third kappa shape index (κ3) is 3.00. The lowest BCUT2D eigenvalue weighted by Gasteiger charge is -2.30. The second-order valence-electron chi connectivity index (χ2n) is 7.30. The fourth-order valence-electron chi connectivity index (χ4n) is 4.67. The van der Waals surface area contributed by atoms with Gasteiger partial charge in [0.2, 0.25) is 5.91 Å². The van der Waals surface area contributed by atoms with Gasteiger partial charge >= 0.3 is 5.97 Å². The van der Waals surface area contributed by atoms with Gasteiger partial charge in [-0.15, -0.1) is 0 Å². The van der Waals surface area contributed by atoms with Gasteiger partial charge in [-0.05, 0) is 43.4 Å². The molecule has 2 aliphatic carbocycles. The van der Waals surface area contributed by atoms with E-state index in [1.165, 1.54) is 6.42 Å². The molecule has 22 heavy (non-hydrogen) atoms. The molecular weight excluding hydrogens is 282 g/mol. The predicted molar refractivity (Wildman–Crippen MR) is 81.3 cm³/mol. The minimum Gasteiger partial charge on any atom is -0.480 e. The van der Waals surface area contributed by atoms with Crippen molar-refractivity contribution in [2.45, 2.75) is 64.0 Å². The van der Waals surface area contributed by atoms with Gasteiger partial charge in [0.15, 0.2) is 0 Å². The summed E-state index contributed by atoms with van der Waals surface area (Å²) in [5.41, 5.74) is 0. The topological polar surface area (TPSA) is 66.8 Å². The first-order chi connectivity index (χ1) is 10.6. The Morgan fingerprint density at radius 3 is 2.64 bits per heavy atom. The molecule has 1 heterocycles. The van der Waals surface area contributed by atoms with Crippen molar-refractivity contribution in [3.63, 3.8) is 0 Å². The van der Waals surface area contributed by atoms with Crippen molar-refractivity contribution in [1.29, 1.82) is 0 Å². The van der Waals surface area contributed by atoms with Gasteiger partial charge in [-0.1, -0.05) is 26.2 Å². The van der Waals surface area contributed by atoms with Crippen LogP contribution < -0.4 is 0 Å². The Hall–Kier alpha value is -1.10. The van der Waals surface area contributed by atoms with Crippen LogP contribution in [0.25, 0.3) is 0 Å². The van der Waals surface area contributed by atoms with Crippen molar-refractivity contribution in [1.82, 2.24) is 4.90 Å². The van der Waals surface area contributed by atoms with Crippen LogP contribution in [0.1, 0.15) is 51.9 Å². The van der Waals surface area contributed by atoms with Crippen LogP contribution in [-0.2, 0) is 14.3 Å². The van der Waals surface area contributed by atoms with Crippen LogP contribution >= 0.6 is 0 Å². The average Bonchev–Trinajstić information content (AvgIpc) is 3.05. The second-order valence-corrected chi connectivity index (χ2v) is 7.30. The van der Waals surface area contributed by atoms with Crippen LogP contribution in [0, 0.1) is 17.8 Å². The molecule has 0 aromatic rings. The molecule has 2 saturated carbocycles. The maximum absolute atomic E-state index is 12.5. The summed E-state index contributed by atoms with van der Waals surface area (Å²) in [5, 5.41) is 9.50. The molecule has 0 spiro atoms. The zero-order valence-electron chi connectivity index (χ0n) is 13.4. The Morgan fingerprint density at radius 2 is 1.91 bits per heavy atom. The summed E-state index contributed by atoms with van der Waals surface area (Å²) >= 11 is 0. The molecule has 1 saturated heterocycles. The molecule has 5 unspecified atom stereocenters. The fourth-order valence-corrected chi connectivity index (χ4v) is 4.67. The third-order valence-electron chi connectivity index (χ3n) is 5.92. The lowest BCUT2D eigenvalue weighted by atomic mass is 9.88. The maximum atomic E-state index is 12.5. The van der Waals surface area contributed by atoms with Crippen molar-refractivity contribution in [2.24, 2.45) is 17.8 Å². The van der Waals surface area contributed by atoms with Gasteiger partial charge in [0, 0.05) is 6.54 Å². The summed E-state index contributed by atoms with van der Waals surface area (Å²) in [6.45, 7) is 2.82. The van der Waals surface area contributed by atoms with Gasteiger partial charge in [-0.25, -0.2) is 4.79 Å². The van der Waals surface area contributed by atoms with Crippen molar-refractivity contribution in [3.05, 3.63) is 0 Å². The van der Waals surface area contributed by atoms with Crippen LogP contribution in [0.3, 0.4) is 0 Å². The van der Waals surface area contributed by atoms with E-state index in [4.69, 9.17) is 4.74 Å². The zero-order chi connectivity index (χ0) is 15.7. The van der Waals surface area contributed by atoms with E-state index in [2.05, 4.69) is 6.92 Å². The van der Waals surface area contributed by atoms with Crippen LogP contribution in [0.4, 0.5) is 0 Å². The molecule has 0 radical (unpaired) electrons.